The number of primary amides is 1. The van der Waals surface area contributed by atoms with Crippen LogP contribution in [0.4, 0.5) is 0 Å². The van der Waals surface area contributed by atoms with Gasteiger partial charge in [-0.15, -0.1) is 0 Å². The number of ether oxygens (including phenoxy) is 2. The number of benzene rings is 1. The van der Waals surface area contributed by atoms with Gasteiger partial charge in [0.05, 0.1) is 5.92 Å². The van der Waals surface area contributed by atoms with Crippen LogP contribution < -0.4 is 10.5 Å². The van der Waals surface area contributed by atoms with Crippen LogP contribution in [0.3, 0.4) is 0 Å². The van der Waals surface area contributed by atoms with Crippen LogP contribution in [0.15, 0.2) is 30.3 Å². The van der Waals surface area contributed by atoms with Crippen molar-refractivity contribution in [2.45, 2.75) is 39.2 Å². The average molecular weight is 340 g/mol. The maximum atomic E-state index is 12.2. The van der Waals surface area contributed by atoms with Crippen LogP contribution in [0.2, 0.25) is 0 Å². The largest absolute Gasteiger partial charge is 0.452 e. The predicted octanol–water partition coefficient (Wildman–Crippen LogP) is 2.61. The van der Waals surface area contributed by atoms with E-state index in [2.05, 4.69) is 4.98 Å². The van der Waals surface area contributed by atoms with E-state index >= 15 is 0 Å². The molecule has 130 valence electrons. The molecule has 2 heterocycles. The zero-order valence-electron chi connectivity index (χ0n) is 14.4. The Balaban J connectivity index is 1.80. The molecule has 6 nitrogen and oxygen atoms in total. The summed E-state index contributed by atoms with van der Waals surface area (Å²) in [4.78, 5) is 27.6. The summed E-state index contributed by atoms with van der Waals surface area (Å²) in [5.74, 6) is -0.299. The second-order valence-corrected chi connectivity index (χ2v) is 6.27. The van der Waals surface area contributed by atoms with Crippen molar-refractivity contribution in [2.24, 2.45) is 5.73 Å². The first-order valence-corrected chi connectivity index (χ1v) is 8.12. The highest BCUT2D eigenvalue weighted by molar-refractivity contribution is 5.84. The number of aromatic nitrogens is 1. The third-order valence-electron chi connectivity index (χ3n) is 4.30. The predicted molar refractivity (Wildman–Crippen MR) is 91.5 cm³/mol. The van der Waals surface area contributed by atoms with Gasteiger partial charge in [-0.05, 0) is 44.0 Å². The summed E-state index contributed by atoms with van der Waals surface area (Å²) in [5, 5.41) is 0. The third kappa shape index (κ3) is 3.47. The summed E-state index contributed by atoms with van der Waals surface area (Å²) in [6, 6.07) is 9.53. The number of esters is 1. The van der Waals surface area contributed by atoms with Gasteiger partial charge < -0.3 is 15.2 Å². The molecular formula is C19H20N2O4. The molecule has 0 spiro atoms. The smallest absolute Gasteiger partial charge is 0.313 e. The van der Waals surface area contributed by atoms with Gasteiger partial charge in [0.2, 0.25) is 5.88 Å². The van der Waals surface area contributed by atoms with Crippen molar-refractivity contribution in [3.05, 3.63) is 52.7 Å². The molecule has 1 aliphatic rings. The molecule has 25 heavy (non-hydrogen) atoms. The number of hydrogen-bond donors (Lipinski definition) is 1. The summed E-state index contributed by atoms with van der Waals surface area (Å²) < 4.78 is 10.9. The van der Waals surface area contributed by atoms with E-state index in [1.165, 1.54) is 6.92 Å². The molecule has 3 rings (SSSR count). The van der Waals surface area contributed by atoms with Crippen LogP contribution in [0.5, 0.6) is 11.6 Å². The number of carbonyl (C=O) groups excluding carboxylic acids is 2. The Morgan fingerprint density at radius 2 is 1.96 bits per heavy atom. The minimum absolute atomic E-state index is 0.485. The van der Waals surface area contributed by atoms with Crippen molar-refractivity contribution < 1.29 is 19.1 Å². The number of nitrogens with two attached hydrogens (primary N) is 1. The highest BCUT2D eigenvalue weighted by Gasteiger charge is 2.24. The lowest BCUT2D eigenvalue weighted by molar-refractivity contribution is -0.154. The summed E-state index contributed by atoms with van der Waals surface area (Å²) in [7, 11) is 0. The molecule has 1 aliphatic heterocycles. The molecule has 2 aromatic rings. The minimum Gasteiger partial charge on any atom is -0.452 e. The fourth-order valence-corrected chi connectivity index (χ4v) is 2.67. The number of rotatable bonds is 4. The maximum Gasteiger partial charge on any atom is 0.313 e. The first kappa shape index (κ1) is 17.0. The van der Waals surface area contributed by atoms with Crippen LogP contribution in [0.25, 0.3) is 0 Å². The molecule has 6 heteroatoms. The number of amides is 1. The molecule has 1 aromatic heterocycles. The molecule has 0 fully saturated rings. The number of fused-ring (bicyclic) bond motifs is 2. The maximum absolute atomic E-state index is 12.2. The normalized spacial score (nSPS) is 14.5. The van der Waals surface area contributed by atoms with Gasteiger partial charge in [-0.3, -0.25) is 9.59 Å². The molecule has 0 aliphatic carbocycles. The Kier molecular flexibility index (Phi) is 4.44. The molecule has 1 aromatic carbocycles. The molecule has 0 radical (unpaired) electrons. The summed E-state index contributed by atoms with van der Waals surface area (Å²) in [6.07, 6.45) is -0.261. The van der Waals surface area contributed by atoms with Crippen molar-refractivity contribution in [3.8, 4) is 11.6 Å². The molecule has 2 unspecified atom stereocenters. The van der Waals surface area contributed by atoms with Crippen molar-refractivity contribution in [2.75, 3.05) is 0 Å². The van der Waals surface area contributed by atoms with E-state index in [0.717, 1.165) is 28.1 Å². The Hall–Kier alpha value is -2.89. The zero-order chi connectivity index (χ0) is 18.1. The van der Waals surface area contributed by atoms with Gasteiger partial charge in [0.15, 0.2) is 6.10 Å². The molecule has 0 bridgehead atoms. The van der Waals surface area contributed by atoms with Crippen LogP contribution in [0, 0.1) is 6.92 Å². The Morgan fingerprint density at radius 3 is 2.68 bits per heavy atom. The number of hydrogen-bond acceptors (Lipinski definition) is 5. The lowest BCUT2D eigenvalue weighted by atomic mass is 9.94. The van der Waals surface area contributed by atoms with Gasteiger partial charge in [-0.25, -0.2) is 4.98 Å². The van der Waals surface area contributed by atoms with Crippen LogP contribution in [0.1, 0.15) is 42.1 Å². The van der Waals surface area contributed by atoms with Crippen molar-refractivity contribution >= 4 is 11.9 Å². The van der Waals surface area contributed by atoms with Gasteiger partial charge in [-0.1, -0.05) is 18.2 Å². The lowest BCUT2D eigenvalue weighted by Gasteiger charge is -2.21. The molecule has 2 atom stereocenters. The molecule has 0 saturated carbocycles. The number of carbonyl (C=O) groups is 2. The minimum atomic E-state index is -0.947. The van der Waals surface area contributed by atoms with Gasteiger partial charge in [0.25, 0.3) is 5.91 Å². The van der Waals surface area contributed by atoms with E-state index in [1.807, 2.05) is 37.3 Å². The summed E-state index contributed by atoms with van der Waals surface area (Å²) in [6.45, 7) is 5.11. The number of nitrogens with zero attached hydrogens (tertiary/aromatic N) is 1. The Bertz CT molecular complexity index is 847. The average Bonchev–Trinajstić information content (AvgIpc) is 2.58. The van der Waals surface area contributed by atoms with E-state index in [1.54, 1.807) is 6.92 Å². The van der Waals surface area contributed by atoms with Crippen LogP contribution in [-0.2, 0) is 20.7 Å². The van der Waals surface area contributed by atoms with E-state index in [-0.39, 0.29) is 0 Å². The first-order valence-electron chi connectivity index (χ1n) is 8.12. The highest BCUT2D eigenvalue weighted by atomic mass is 16.5. The van der Waals surface area contributed by atoms with Crippen LogP contribution >= 0.6 is 0 Å². The van der Waals surface area contributed by atoms with Gasteiger partial charge >= 0.3 is 5.97 Å². The molecule has 1 amide bonds. The number of pyridine rings is 1. The van der Waals surface area contributed by atoms with Crippen molar-refractivity contribution in [1.82, 2.24) is 4.98 Å². The van der Waals surface area contributed by atoms with Crippen molar-refractivity contribution in [1.29, 1.82) is 0 Å². The SMILES string of the molecule is Cc1ccc2c(n1)Oc1ccc(C(C)C(=O)OC(C)C(N)=O)cc1C2. The van der Waals surface area contributed by atoms with Gasteiger partial charge in [0.1, 0.15) is 5.75 Å². The van der Waals surface area contributed by atoms with Gasteiger partial charge in [0, 0.05) is 17.7 Å². The molecule has 0 saturated heterocycles. The summed E-state index contributed by atoms with van der Waals surface area (Å²) in [5.41, 5.74) is 8.82. The second kappa shape index (κ2) is 6.55. The zero-order valence-corrected chi connectivity index (χ0v) is 14.4. The van der Waals surface area contributed by atoms with Crippen LogP contribution in [-0.4, -0.2) is 23.0 Å². The first-order chi connectivity index (χ1) is 11.8. The highest BCUT2D eigenvalue weighted by Crippen LogP contribution is 2.36. The molecular weight excluding hydrogens is 320 g/mol. The standard InChI is InChI=1S/C19H20N2O4/c1-10-4-5-14-9-15-8-13(6-7-16(15)25-18(14)21-10)11(2)19(23)24-12(3)17(20)22/h4-8,11-12H,9H2,1-3H3,(H2,20,22). The third-order valence-corrected chi connectivity index (χ3v) is 4.30. The van der Waals surface area contributed by atoms with E-state index < -0.39 is 23.9 Å². The monoisotopic (exact) mass is 340 g/mol. The quantitative estimate of drug-likeness (QED) is 0.737. The summed E-state index contributed by atoms with van der Waals surface area (Å²) >= 11 is 0. The number of aryl methyl sites for hydroxylation is 1. The van der Waals surface area contributed by atoms with E-state index in [0.29, 0.717) is 12.3 Å². The van der Waals surface area contributed by atoms with E-state index in [9.17, 15) is 9.59 Å². The second-order valence-electron chi connectivity index (χ2n) is 6.27. The fraction of sp³-hybridized carbons (Fsp3) is 0.316. The fourth-order valence-electron chi connectivity index (χ4n) is 2.67. The van der Waals surface area contributed by atoms with Gasteiger partial charge in [-0.2, -0.15) is 0 Å². The lowest BCUT2D eigenvalue weighted by Crippen LogP contribution is -2.31. The Labute approximate surface area is 146 Å². The molecule has 2 N–H and O–H groups in total. The Morgan fingerprint density at radius 1 is 1.20 bits per heavy atom. The van der Waals surface area contributed by atoms with Crippen molar-refractivity contribution in [3.63, 3.8) is 0 Å². The topological polar surface area (TPSA) is 91.5 Å². The van der Waals surface area contributed by atoms with E-state index in [4.69, 9.17) is 15.2 Å².